The molecule has 5 nitrogen and oxygen atoms in total. The van der Waals surface area contributed by atoms with E-state index in [9.17, 15) is 12.8 Å². The van der Waals surface area contributed by atoms with Crippen LogP contribution in [0.5, 0.6) is 0 Å². The van der Waals surface area contributed by atoms with Crippen molar-refractivity contribution >= 4 is 27.5 Å². The Kier molecular flexibility index (Phi) is 4.29. The van der Waals surface area contributed by atoms with Gasteiger partial charge in [-0.15, -0.1) is 0 Å². The van der Waals surface area contributed by atoms with E-state index < -0.39 is 15.8 Å². The third-order valence-corrected chi connectivity index (χ3v) is 4.92. The summed E-state index contributed by atoms with van der Waals surface area (Å²) in [6, 6.07) is 11.8. The molecule has 0 spiro atoms. The predicted octanol–water partition coefficient (Wildman–Crippen LogP) is 4.24. The van der Waals surface area contributed by atoms with E-state index in [1.165, 1.54) is 25.1 Å². The van der Waals surface area contributed by atoms with Gasteiger partial charge in [-0.3, -0.25) is 0 Å². The quantitative estimate of drug-likeness (QED) is 0.749. The van der Waals surface area contributed by atoms with Gasteiger partial charge in [-0.2, -0.15) is 0 Å². The van der Waals surface area contributed by atoms with Crippen molar-refractivity contribution in [3.05, 3.63) is 64.9 Å². The number of aryl methyl sites for hydroxylation is 1. The normalized spacial score (nSPS) is 11.5. The summed E-state index contributed by atoms with van der Waals surface area (Å²) in [6.07, 6.45) is 0. The minimum absolute atomic E-state index is 0.0399. The van der Waals surface area contributed by atoms with Crippen molar-refractivity contribution in [1.29, 1.82) is 0 Å². The Morgan fingerprint density at radius 1 is 1.12 bits per heavy atom. The summed E-state index contributed by atoms with van der Waals surface area (Å²) in [6.45, 7) is 1.49. The summed E-state index contributed by atoms with van der Waals surface area (Å²) >= 11 is 5.82. The van der Waals surface area contributed by atoms with Gasteiger partial charge in [0.1, 0.15) is 11.5 Å². The first-order valence-electron chi connectivity index (χ1n) is 6.87. The van der Waals surface area contributed by atoms with Crippen molar-refractivity contribution in [2.75, 3.05) is 4.72 Å². The van der Waals surface area contributed by atoms with E-state index in [-0.39, 0.29) is 16.3 Å². The smallest absolute Gasteiger partial charge is 0.264 e. The van der Waals surface area contributed by atoms with Crippen LogP contribution in [0.4, 0.5) is 10.3 Å². The molecule has 0 aliphatic rings. The first-order valence-corrected chi connectivity index (χ1v) is 8.73. The highest BCUT2D eigenvalue weighted by Crippen LogP contribution is 2.25. The fourth-order valence-electron chi connectivity index (χ4n) is 2.06. The molecule has 3 aromatic rings. The molecule has 0 aliphatic carbocycles. The highest BCUT2D eigenvalue weighted by Gasteiger charge is 2.18. The van der Waals surface area contributed by atoms with E-state index in [2.05, 4.69) is 9.88 Å². The van der Waals surface area contributed by atoms with Gasteiger partial charge in [0.05, 0.1) is 4.90 Å². The summed E-state index contributed by atoms with van der Waals surface area (Å²) in [4.78, 5) is -0.0640. The monoisotopic (exact) mass is 366 g/mol. The lowest BCUT2D eigenvalue weighted by atomic mass is 10.1. The second-order valence-electron chi connectivity index (χ2n) is 5.10. The second-order valence-corrected chi connectivity index (χ2v) is 7.22. The third kappa shape index (κ3) is 3.42. The molecule has 1 N–H and O–H groups in total. The average Bonchev–Trinajstić information content (AvgIpc) is 2.98. The zero-order valence-electron chi connectivity index (χ0n) is 12.5. The molecule has 2 aromatic carbocycles. The molecule has 0 amide bonds. The molecule has 124 valence electrons. The molecule has 24 heavy (non-hydrogen) atoms. The molecule has 0 aliphatic heterocycles. The van der Waals surface area contributed by atoms with Crippen molar-refractivity contribution < 1.29 is 17.3 Å². The van der Waals surface area contributed by atoms with E-state index in [4.69, 9.17) is 16.1 Å². The predicted molar refractivity (Wildman–Crippen MR) is 88.9 cm³/mol. The molecule has 0 saturated carbocycles. The number of nitrogens with one attached hydrogen (secondary N) is 1. The van der Waals surface area contributed by atoms with Gasteiger partial charge >= 0.3 is 0 Å². The number of anilines is 1. The highest BCUT2D eigenvalue weighted by molar-refractivity contribution is 7.92. The molecule has 1 heterocycles. The number of halogens is 2. The SMILES string of the molecule is Cc1cc(S(=O)(=O)Nc2cc(-c3ccc(Cl)cc3)no2)ccc1F. The van der Waals surface area contributed by atoms with Crippen molar-refractivity contribution in [3.8, 4) is 11.3 Å². The maximum atomic E-state index is 13.3. The first kappa shape index (κ1) is 16.5. The number of sulfonamides is 1. The number of nitrogens with zero attached hydrogens (tertiary/aromatic N) is 1. The van der Waals surface area contributed by atoms with Crippen LogP contribution in [0, 0.1) is 12.7 Å². The lowest BCUT2D eigenvalue weighted by Gasteiger charge is -2.05. The number of hydrogen-bond acceptors (Lipinski definition) is 4. The van der Waals surface area contributed by atoms with E-state index in [0.29, 0.717) is 10.7 Å². The Bertz CT molecular complexity index is 985. The maximum Gasteiger partial charge on any atom is 0.264 e. The van der Waals surface area contributed by atoms with Crippen LogP contribution in [0.2, 0.25) is 5.02 Å². The fraction of sp³-hybridized carbons (Fsp3) is 0.0625. The number of hydrogen-bond donors (Lipinski definition) is 1. The van der Waals surface area contributed by atoms with Crippen LogP contribution in [-0.4, -0.2) is 13.6 Å². The molecule has 0 fully saturated rings. The first-order chi connectivity index (χ1) is 11.3. The van der Waals surface area contributed by atoms with Crippen LogP contribution >= 0.6 is 11.6 Å². The van der Waals surface area contributed by atoms with E-state index in [0.717, 1.165) is 11.6 Å². The number of aromatic nitrogens is 1. The second kappa shape index (κ2) is 6.26. The molecule has 8 heteroatoms. The van der Waals surface area contributed by atoms with E-state index in [1.807, 2.05) is 0 Å². The van der Waals surface area contributed by atoms with Gasteiger partial charge in [0, 0.05) is 16.7 Å². The van der Waals surface area contributed by atoms with Crippen LogP contribution in [0.25, 0.3) is 11.3 Å². The summed E-state index contributed by atoms with van der Waals surface area (Å²) < 4.78 is 45.2. The Morgan fingerprint density at radius 2 is 1.83 bits per heavy atom. The molecule has 1 aromatic heterocycles. The summed E-state index contributed by atoms with van der Waals surface area (Å²) in [5.41, 5.74) is 1.42. The summed E-state index contributed by atoms with van der Waals surface area (Å²) in [5.74, 6) is -0.513. The third-order valence-electron chi connectivity index (χ3n) is 3.32. The molecular weight excluding hydrogens is 355 g/mol. The number of rotatable bonds is 4. The van der Waals surface area contributed by atoms with Gasteiger partial charge < -0.3 is 4.52 Å². The topological polar surface area (TPSA) is 72.2 Å². The standard InChI is InChI=1S/C16H12ClFN2O3S/c1-10-8-13(6-7-14(10)18)24(21,22)20-16-9-15(19-23-16)11-2-4-12(17)5-3-11/h2-9,20H,1H3. The van der Waals surface area contributed by atoms with Crippen molar-refractivity contribution in [2.45, 2.75) is 11.8 Å². The maximum absolute atomic E-state index is 13.3. The molecule has 0 radical (unpaired) electrons. The van der Waals surface area contributed by atoms with Crippen molar-refractivity contribution in [1.82, 2.24) is 5.16 Å². The largest absolute Gasteiger partial charge is 0.337 e. The zero-order valence-corrected chi connectivity index (χ0v) is 14.0. The molecular formula is C16H12ClFN2O3S. The highest BCUT2D eigenvalue weighted by atomic mass is 35.5. The minimum Gasteiger partial charge on any atom is -0.337 e. The molecule has 0 bridgehead atoms. The van der Waals surface area contributed by atoms with Crippen LogP contribution in [0.1, 0.15) is 5.56 Å². The van der Waals surface area contributed by atoms with Crippen molar-refractivity contribution in [2.24, 2.45) is 0 Å². The van der Waals surface area contributed by atoms with Gasteiger partial charge in [0.25, 0.3) is 10.0 Å². The molecule has 3 rings (SSSR count). The van der Waals surface area contributed by atoms with E-state index in [1.54, 1.807) is 24.3 Å². The van der Waals surface area contributed by atoms with Crippen LogP contribution in [0.15, 0.2) is 57.9 Å². The average molecular weight is 367 g/mol. The summed E-state index contributed by atoms with van der Waals surface area (Å²) in [7, 11) is -3.90. The summed E-state index contributed by atoms with van der Waals surface area (Å²) in [5, 5.41) is 4.40. The Labute approximate surface area is 143 Å². The van der Waals surface area contributed by atoms with E-state index >= 15 is 0 Å². The van der Waals surface area contributed by atoms with Gasteiger partial charge in [0.15, 0.2) is 0 Å². The van der Waals surface area contributed by atoms with Gasteiger partial charge in [0.2, 0.25) is 5.88 Å². The van der Waals surface area contributed by atoms with Gasteiger partial charge in [-0.05, 0) is 42.8 Å². The Morgan fingerprint density at radius 3 is 2.50 bits per heavy atom. The number of benzene rings is 2. The zero-order chi connectivity index (χ0) is 17.3. The molecule has 0 saturated heterocycles. The molecule has 0 unspecified atom stereocenters. The van der Waals surface area contributed by atoms with Crippen LogP contribution in [-0.2, 0) is 10.0 Å². The molecule has 0 atom stereocenters. The van der Waals surface area contributed by atoms with Crippen LogP contribution in [0.3, 0.4) is 0 Å². The minimum atomic E-state index is -3.90. The Hall–Kier alpha value is -2.38. The fourth-order valence-corrected chi connectivity index (χ4v) is 3.24. The van der Waals surface area contributed by atoms with Gasteiger partial charge in [-0.25, -0.2) is 17.5 Å². The van der Waals surface area contributed by atoms with Crippen molar-refractivity contribution in [3.63, 3.8) is 0 Å². The lowest BCUT2D eigenvalue weighted by Crippen LogP contribution is -2.12. The van der Waals surface area contributed by atoms with Crippen LogP contribution < -0.4 is 4.72 Å². The van der Waals surface area contributed by atoms with Gasteiger partial charge in [-0.1, -0.05) is 28.9 Å². The lowest BCUT2D eigenvalue weighted by molar-refractivity contribution is 0.438. The Balaban J connectivity index is 1.85.